The molecule has 6 heteroatoms. The maximum atomic E-state index is 12.9. The highest BCUT2D eigenvalue weighted by atomic mass is 35.5. The number of halogens is 2. The van der Waals surface area contributed by atoms with Crippen molar-refractivity contribution in [1.29, 1.82) is 0 Å². The van der Waals surface area contributed by atoms with E-state index in [0.717, 1.165) is 11.4 Å². The van der Waals surface area contributed by atoms with Crippen LogP contribution in [0.4, 0.5) is 11.4 Å². The zero-order chi connectivity index (χ0) is 19.2. The third kappa shape index (κ3) is 5.16. The van der Waals surface area contributed by atoms with Gasteiger partial charge in [0.05, 0.1) is 22.7 Å². The highest BCUT2D eigenvalue weighted by Crippen LogP contribution is 2.26. The molecule has 0 aliphatic carbocycles. The molecule has 0 bridgehead atoms. The minimum Gasteiger partial charge on any atom is -0.343 e. The fourth-order valence-corrected chi connectivity index (χ4v) is 3.29. The monoisotopic (exact) mass is 397 g/mol. The molecule has 0 atom stereocenters. The van der Waals surface area contributed by atoms with Crippen molar-refractivity contribution < 1.29 is 4.79 Å². The molecule has 27 heavy (non-hydrogen) atoms. The van der Waals surface area contributed by atoms with E-state index >= 15 is 0 Å². The summed E-state index contributed by atoms with van der Waals surface area (Å²) >= 11 is 12.4. The second-order valence-electron chi connectivity index (χ2n) is 5.90. The van der Waals surface area contributed by atoms with Crippen molar-refractivity contribution in [3.05, 3.63) is 88.2 Å². The number of para-hydroxylation sites is 2. The molecule has 136 valence electrons. The summed E-state index contributed by atoms with van der Waals surface area (Å²) in [6.07, 6.45) is 0.00791. The average molecular weight is 398 g/mol. The number of Topliss-reactive ketones (excluding diaryl/α,β-unsaturated/α-hetero) is 1. The van der Waals surface area contributed by atoms with E-state index in [4.69, 9.17) is 23.2 Å². The second kappa shape index (κ2) is 8.80. The molecule has 0 aliphatic rings. The molecule has 0 saturated heterocycles. The molecule has 0 radical (unpaired) electrons. The lowest BCUT2D eigenvalue weighted by Crippen LogP contribution is -2.18. The summed E-state index contributed by atoms with van der Waals surface area (Å²) in [5.74, 6) is 0.237. The van der Waals surface area contributed by atoms with E-state index in [9.17, 15) is 4.79 Å². The summed E-state index contributed by atoms with van der Waals surface area (Å²) in [4.78, 5) is 21.6. The van der Waals surface area contributed by atoms with Crippen molar-refractivity contribution >= 4 is 46.2 Å². The summed E-state index contributed by atoms with van der Waals surface area (Å²) in [6, 6.07) is 20.6. The molecule has 0 saturated carbocycles. The van der Waals surface area contributed by atoms with Gasteiger partial charge in [-0.15, -0.1) is 0 Å². The van der Waals surface area contributed by atoms with Gasteiger partial charge in [-0.25, -0.2) is 9.98 Å². The van der Waals surface area contributed by atoms with Crippen molar-refractivity contribution in [2.75, 3.05) is 5.32 Å². The highest BCUT2D eigenvalue weighted by molar-refractivity contribution is 6.39. The smallest absolute Gasteiger partial charge is 0.174 e. The van der Waals surface area contributed by atoms with Crippen molar-refractivity contribution in [3.63, 3.8) is 0 Å². The molecule has 1 N–H and O–H groups in total. The van der Waals surface area contributed by atoms with Gasteiger partial charge < -0.3 is 5.32 Å². The minimum absolute atomic E-state index is 0.00791. The number of pyridine rings is 1. The summed E-state index contributed by atoms with van der Waals surface area (Å²) in [5.41, 5.74) is 2.43. The van der Waals surface area contributed by atoms with Gasteiger partial charge in [0.2, 0.25) is 0 Å². The Morgan fingerprint density at radius 2 is 1.67 bits per heavy atom. The van der Waals surface area contributed by atoms with Gasteiger partial charge in [-0.3, -0.25) is 4.79 Å². The normalized spacial score (nSPS) is 11.3. The van der Waals surface area contributed by atoms with Crippen LogP contribution in [0.25, 0.3) is 0 Å². The van der Waals surface area contributed by atoms with Crippen LogP contribution in [0.2, 0.25) is 10.2 Å². The number of rotatable bonds is 5. The van der Waals surface area contributed by atoms with Crippen LogP contribution in [0.1, 0.15) is 22.5 Å². The minimum atomic E-state index is -0.254. The van der Waals surface area contributed by atoms with Crippen molar-refractivity contribution in [1.82, 2.24) is 4.98 Å². The van der Waals surface area contributed by atoms with Gasteiger partial charge in [-0.05, 0) is 37.3 Å². The fourth-order valence-electron chi connectivity index (χ4n) is 2.54. The molecular formula is C21H17Cl2N3O. The van der Waals surface area contributed by atoms with E-state index in [1.165, 1.54) is 0 Å². The molecule has 0 fully saturated rings. The average Bonchev–Trinajstić information content (AvgIpc) is 2.62. The van der Waals surface area contributed by atoms with Crippen LogP contribution >= 0.6 is 23.2 Å². The van der Waals surface area contributed by atoms with Crippen molar-refractivity contribution in [2.24, 2.45) is 4.99 Å². The molecule has 0 aliphatic heterocycles. The predicted octanol–water partition coefficient (Wildman–Crippen LogP) is 6.11. The van der Waals surface area contributed by atoms with E-state index in [1.54, 1.807) is 13.0 Å². The summed E-state index contributed by atoms with van der Waals surface area (Å²) in [5, 5.41) is 3.59. The van der Waals surface area contributed by atoms with Crippen LogP contribution in [0, 0.1) is 6.92 Å². The number of benzene rings is 2. The zero-order valence-electron chi connectivity index (χ0n) is 14.6. The molecule has 1 aromatic heterocycles. The van der Waals surface area contributed by atoms with Gasteiger partial charge in [0.25, 0.3) is 0 Å². The van der Waals surface area contributed by atoms with Crippen LogP contribution in [0.5, 0.6) is 0 Å². The molecule has 0 unspecified atom stereocenters. The number of carbonyl (C=O) groups excluding carboxylic acids is 1. The molecular weight excluding hydrogens is 381 g/mol. The molecule has 0 spiro atoms. The molecule has 3 aromatic rings. The van der Waals surface area contributed by atoms with Crippen molar-refractivity contribution in [2.45, 2.75) is 13.3 Å². The van der Waals surface area contributed by atoms with E-state index < -0.39 is 0 Å². The largest absolute Gasteiger partial charge is 0.343 e. The molecule has 0 amide bonds. The number of aliphatic imine (C=N–C) groups is 1. The van der Waals surface area contributed by atoms with Gasteiger partial charge >= 0.3 is 0 Å². The Kier molecular flexibility index (Phi) is 6.22. The van der Waals surface area contributed by atoms with Gasteiger partial charge in [-0.1, -0.05) is 59.6 Å². The Morgan fingerprint density at radius 3 is 2.30 bits per heavy atom. The third-order valence-corrected chi connectivity index (χ3v) is 4.32. The predicted molar refractivity (Wildman–Crippen MR) is 112 cm³/mol. The zero-order valence-corrected chi connectivity index (χ0v) is 16.1. The molecule has 2 aromatic carbocycles. The van der Waals surface area contributed by atoms with Gasteiger partial charge in [-0.2, -0.15) is 0 Å². The quantitative estimate of drug-likeness (QED) is 0.244. The van der Waals surface area contributed by atoms with E-state index in [1.807, 2.05) is 60.7 Å². The van der Waals surface area contributed by atoms with Crippen LogP contribution in [-0.4, -0.2) is 16.6 Å². The first kappa shape index (κ1) is 19.1. The topological polar surface area (TPSA) is 54.4 Å². The van der Waals surface area contributed by atoms with E-state index in [2.05, 4.69) is 15.3 Å². The number of nitrogens with zero attached hydrogens (tertiary/aromatic N) is 2. The van der Waals surface area contributed by atoms with Crippen LogP contribution in [0.3, 0.4) is 0 Å². The van der Waals surface area contributed by atoms with E-state index in [0.29, 0.717) is 11.5 Å². The fraction of sp³-hybridized carbons (Fsp3) is 0.0952. The molecule has 4 nitrogen and oxygen atoms in total. The number of hydrogen-bond donors (Lipinski definition) is 1. The number of aromatic nitrogens is 1. The Balaban J connectivity index is 1.92. The van der Waals surface area contributed by atoms with Crippen LogP contribution in [0.15, 0.2) is 71.7 Å². The van der Waals surface area contributed by atoms with Crippen molar-refractivity contribution in [3.8, 4) is 0 Å². The number of amidine groups is 1. The first-order valence-corrected chi connectivity index (χ1v) is 9.09. The number of hydrogen-bond acceptors (Lipinski definition) is 3. The Hall–Kier alpha value is -2.69. The van der Waals surface area contributed by atoms with Crippen LogP contribution < -0.4 is 5.32 Å². The van der Waals surface area contributed by atoms with Gasteiger partial charge in [0.1, 0.15) is 11.0 Å². The standard InChI is InChI=1S/C21H17Cl2N3O/c1-14-12-17(22)20(21(23)24-14)18(27)13-19(25-15-8-4-2-5-9-15)26-16-10-6-3-7-11-16/h2-12H,13H2,1H3,(H,25,26). The Labute approximate surface area is 167 Å². The first-order valence-electron chi connectivity index (χ1n) is 8.33. The second-order valence-corrected chi connectivity index (χ2v) is 6.66. The summed E-state index contributed by atoms with van der Waals surface area (Å²) < 4.78 is 0. The molecule has 1 heterocycles. The Bertz CT molecular complexity index is 950. The Morgan fingerprint density at radius 1 is 1.04 bits per heavy atom. The molecule has 3 rings (SSSR count). The SMILES string of the molecule is Cc1cc(Cl)c(C(=O)CC(=Nc2ccccc2)Nc2ccccc2)c(Cl)n1. The first-order chi connectivity index (χ1) is 13.0. The highest BCUT2D eigenvalue weighted by Gasteiger charge is 2.19. The lowest BCUT2D eigenvalue weighted by Gasteiger charge is -2.11. The van der Waals surface area contributed by atoms with Gasteiger partial charge in [0, 0.05) is 11.4 Å². The summed E-state index contributed by atoms with van der Waals surface area (Å²) in [6.45, 7) is 1.77. The number of aryl methyl sites for hydroxylation is 1. The maximum absolute atomic E-state index is 12.9. The lowest BCUT2D eigenvalue weighted by atomic mass is 10.1. The number of nitrogens with one attached hydrogen (secondary N) is 1. The third-order valence-electron chi connectivity index (χ3n) is 3.74. The number of ketones is 1. The van der Waals surface area contributed by atoms with Gasteiger partial charge in [0.15, 0.2) is 5.78 Å². The lowest BCUT2D eigenvalue weighted by molar-refractivity contribution is 0.100. The number of carbonyl (C=O) groups is 1. The maximum Gasteiger partial charge on any atom is 0.174 e. The van der Waals surface area contributed by atoms with Crippen LogP contribution in [-0.2, 0) is 0 Å². The number of anilines is 1. The van der Waals surface area contributed by atoms with E-state index in [-0.39, 0.29) is 27.9 Å². The summed E-state index contributed by atoms with van der Waals surface area (Å²) in [7, 11) is 0.